The quantitative estimate of drug-likeness (QED) is 0.838. The predicted molar refractivity (Wildman–Crippen MR) is 80.0 cm³/mol. The predicted octanol–water partition coefficient (Wildman–Crippen LogP) is 3.80. The third kappa shape index (κ3) is 4.37. The van der Waals surface area contributed by atoms with Gasteiger partial charge in [0.1, 0.15) is 5.75 Å². The van der Waals surface area contributed by atoms with E-state index < -0.39 is 10.8 Å². The number of methoxy groups -OCH3 is 1. The summed E-state index contributed by atoms with van der Waals surface area (Å²) >= 11 is 5.82. The van der Waals surface area contributed by atoms with Crippen LogP contribution in [0.2, 0.25) is 5.02 Å². The molecule has 0 saturated heterocycles. The van der Waals surface area contributed by atoms with Crippen LogP contribution in [0.1, 0.15) is 11.1 Å². The summed E-state index contributed by atoms with van der Waals surface area (Å²) in [5.74, 6) is 1.86. The molecule has 0 saturated carbocycles. The molecule has 100 valence electrons. The minimum Gasteiger partial charge on any atom is -0.497 e. The van der Waals surface area contributed by atoms with Crippen molar-refractivity contribution in [3.8, 4) is 5.75 Å². The van der Waals surface area contributed by atoms with E-state index in [0.29, 0.717) is 16.5 Å². The Hall–Kier alpha value is -1.32. The molecule has 2 rings (SSSR count). The Bertz CT molecular complexity index is 567. The lowest BCUT2D eigenvalue weighted by atomic mass is 10.2. The van der Waals surface area contributed by atoms with Gasteiger partial charge in [0.15, 0.2) is 0 Å². The van der Waals surface area contributed by atoms with Crippen LogP contribution in [-0.4, -0.2) is 11.3 Å². The minimum atomic E-state index is -0.937. The molecule has 0 spiro atoms. The molecule has 19 heavy (non-hydrogen) atoms. The van der Waals surface area contributed by atoms with Crippen molar-refractivity contribution >= 4 is 22.4 Å². The molecule has 0 aliphatic heterocycles. The minimum absolute atomic E-state index is 0.528. The molecular weight excluding hydrogens is 280 g/mol. The van der Waals surface area contributed by atoms with E-state index in [2.05, 4.69) is 0 Å². The van der Waals surface area contributed by atoms with Gasteiger partial charge in [0.2, 0.25) is 0 Å². The van der Waals surface area contributed by atoms with Crippen molar-refractivity contribution in [2.45, 2.75) is 11.5 Å². The van der Waals surface area contributed by atoms with Gasteiger partial charge in [0.05, 0.1) is 7.11 Å². The van der Waals surface area contributed by atoms with Gasteiger partial charge >= 0.3 is 0 Å². The van der Waals surface area contributed by atoms with Crippen molar-refractivity contribution in [3.63, 3.8) is 0 Å². The second-order valence-corrected chi connectivity index (χ2v) is 6.10. The number of hydrogen-bond donors (Lipinski definition) is 0. The average molecular weight is 295 g/mol. The fourth-order valence-electron chi connectivity index (χ4n) is 1.77. The summed E-state index contributed by atoms with van der Waals surface area (Å²) in [4.78, 5) is 0. The zero-order chi connectivity index (χ0) is 13.7. The van der Waals surface area contributed by atoms with Crippen LogP contribution in [0.4, 0.5) is 0 Å². The Morgan fingerprint density at radius 3 is 2.42 bits per heavy atom. The Balaban J connectivity index is 1.99. The highest BCUT2D eigenvalue weighted by atomic mass is 35.5. The van der Waals surface area contributed by atoms with E-state index in [9.17, 15) is 4.21 Å². The second-order valence-electron chi connectivity index (χ2n) is 4.21. The fraction of sp³-hybridized carbons (Fsp3) is 0.200. The van der Waals surface area contributed by atoms with E-state index in [4.69, 9.17) is 16.3 Å². The van der Waals surface area contributed by atoms with Gasteiger partial charge in [-0.25, -0.2) is 0 Å². The average Bonchev–Trinajstić information content (AvgIpc) is 2.41. The van der Waals surface area contributed by atoms with Gasteiger partial charge in [-0.3, -0.25) is 4.21 Å². The Kier molecular flexibility index (Phi) is 5.00. The molecule has 0 N–H and O–H groups in total. The van der Waals surface area contributed by atoms with Crippen LogP contribution >= 0.6 is 11.6 Å². The summed E-state index contributed by atoms with van der Waals surface area (Å²) in [6.07, 6.45) is 0. The third-order valence-corrected chi connectivity index (χ3v) is 4.27. The van der Waals surface area contributed by atoms with Crippen molar-refractivity contribution in [1.29, 1.82) is 0 Å². The van der Waals surface area contributed by atoms with E-state index >= 15 is 0 Å². The molecule has 0 amide bonds. The van der Waals surface area contributed by atoms with Crippen LogP contribution in [0.25, 0.3) is 0 Å². The lowest BCUT2D eigenvalue weighted by Gasteiger charge is -2.05. The summed E-state index contributed by atoms with van der Waals surface area (Å²) in [5.41, 5.74) is 2.05. The van der Waals surface area contributed by atoms with Crippen molar-refractivity contribution in [1.82, 2.24) is 0 Å². The molecule has 2 aromatic rings. The molecule has 4 heteroatoms. The number of halogens is 1. The van der Waals surface area contributed by atoms with Gasteiger partial charge < -0.3 is 4.74 Å². The van der Waals surface area contributed by atoms with Crippen molar-refractivity contribution < 1.29 is 8.95 Å². The first-order valence-corrected chi connectivity index (χ1v) is 7.76. The number of ether oxygens (including phenoxy) is 1. The molecule has 0 bridgehead atoms. The van der Waals surface area contributed by atoms with Crippen LogP contribution < -0.4 is 4.74 Å². The van der Waals surface area contributed by atoms with Crippen LogP contribution in [0.5, 0.6) is 5.75 Å². The molecule has 0 heterocycles. The SMILES string of the molecule is COc1cccc(CS(=O)Cc2ccc(Cl)cc2)c1. The molecule has 0 radical (unpaired) electrons. The molecular formula is C15H15ClO2S. The maximum atomic E-state index is 12.1. The highest BCUT2D eigenvalue weighted by Crippen LogP contribution is 2.16. The summed E-state index contributed by atoms with van der Waals surface area (Å²) in [6, 6.07) is 15.1. The zero-order valence-corrected chi connectivity index (χ0v) is 12.2. The van der Waals surface area contributed by atoms with Crippen LogP contribution in [0, 0.1) is 0 Å². The molecule has 0 aromatic heterocycles. The lowest BCUT2D eigenvalue weighted by molar-refractivity contribution is 0.414. The highest BCUT2D eigenvalue weighted by molar-refractivity contribution is 7.83. The molecule has 0 aliphatic rings. The van der Waals surface area contributed by atoms with E-state index in [1.807, 2.05) is 48.5 Å². The molecule has 1 unspecified atom stereocenters. The normalized spacial score (nSPS) is 12.1. The van der Waals surface area contributed by atoms with Crippen molar-refractivity contribution in [2.75, 3.05) is 7.11 Å². The van der Waals surface area contributed by atoms with Gasteiger partial charge in [0.25, 0.3) is 0 Å². The van der Waals surface area contributed by atoms with E-state index in [-0.39, 0.29) is 0 Å². The standard InChI is InChI=1S/C15H15ClO2S/c1-18-15-4-2-3-13(9-15)11-19(17)10-12-5-7-14(16)8-6-12/h2-9H,10-11H2,1H3. The zero-order valence-electron chi connectivity index (χ0n) is 10.6. The molecule has 2 nitrogen and oxygen atoms in total. The smallest absolute Gasteiger partial charge is 0.119 e. The number of rotatable bonds is 5. The van der Waals surface area contributed by atoms with E-state index in [1.54, 1.807) is 7.11 Å². The molecule has 1 atom stereocenters. The van der Waals surface area contributed by atoms with Gasteiger partial charge in [0, 0.05) is 27.3 Å². The Labute approximate surface area is 120 Å². The number of benzene rings is 2. The van der Waals surface area contributed by atoms with E-state index in [0.717, 1.165) is 16.9 Å². The summed E-state index contributed by atoms with van der Waals surface area (Å²) in [6.45, 7) is 0. The van der Waals surface area contributed by atoms with Crippen molar-refractivity contribution in [3.05, 3.63) is 64.7 Å². The lowest BCUT2D eigenvalue weighted by Crippen LogP contribution is -1.99. The third-order valence-electron chi connectivity index (χ3n) is 2.70. The summed E-state index contributed by atoms with van der Waals surface area (Å²) in [5, 5.41) is 0.697. The highest BCUT2D eigenvalue weighted by Gasteiger charge is 2.04. The van der Waals surface area contributed by atoms with Crippen molar-refractivity contribution in [2.24, 2.45) is 0 Å². The molecule has 2 aromatic carbocycles. The van der Waals surface area contributed by atoms with E-state index in [1.165, 1.54) is 0 Å². The van der Waals surface area contributed by atoms with Crippen LogP contribution in [0.3, 0.4) is 0 Å². The molecule has 0 aliphatic carbocycles. The first-order valence-electron chi connectivity index (χ1n) is 5.90. The molecule has 0 fully saturated rings. The Morgan fingerprint density at radius 2 is 1.74 bits per heavy atom. The van der Waals surface area contributed by atoms with Crippen LogP contribution in [0.15, 0.2) is 48.5 Å². The Morgan fingerprint density at radius 1 is 1.05 bits per heavy atom. The van der Waals surface area contributed by atoms with Gasteiger partial charge in [-0.05, 0) is 35.4 Å². The maximum Gasteiger partial charge on any atom is 0.119 e. The van der Waals surface area contributed by atoms with Gasteiger partial charge in [-0.1, -0.05) is 35.9 Å². The monoisotopic (exact) mass is 294 g/mol. The fourth-order valence-corrected chi connectivity index (χ4v) is 3.11. The summed E-state index contributed by atoms with van der Waals surface area (Å²) in [7, 11) is 0.691. The second kappa shape index (κ2) is 6.73. The first kappa shape index (κ1) is 14.1. The first-order chi connectivity index (χ1) is 9.17. The van der Waals surface area contributed by atoms with Gasteiger partial charge in [-0.2, -0.15) is 0 Å². The maximum absolute atomic E-state index is 12.1. The van der Waals surface area contributed by atoms with Crippen LogP contribution in [-0.2, 0) is 22.3 Å². The summed E-state index contributed by atoms with van der Waals surface area (Å²) < 4.78 is 17.3. The largest absolute Gasteiger partial charge is 0.497 e. The number of hydrogen-bond acceptors (Lipinski definition) is 2. The van der Waals surface area contributed by atoms with Gasteiger partial charge in [-0.15, -0.1) is 0 Å². The topological polar surface area (TPSA) is 26.3 Å².